The Hall–Kier alpha value is -3.12. The summed E-state index contributed by atoms with van der Waals surface area (Å²) in [6.07, 6.45) is 0. The van der Waals surface area contributed by atoms with Crippen LogP contribution in [0.4, 0.5) is 5.69 Å². The van der Waals surface area contributed by atoms with E-state index in [0.717, 1.165) is 17.1 Å². The molecule has 0 aliphatic rings. The summed E-state index contributed by atoms with van der Waals surface area (Å²) in [6.45, 7) is 3.74. The molecule has 1 aromatic heterocycles. The lowest BCUT2D eigenvalue weighted by molar-refractivity contribution is 0.0961. The quantitative estimate of drug-likeness (QED) is 0.721. The largest absolute Gasteiger partial charge is 0.355 e. The first-order valence-corrected chi connectivity index (χ1v) is 8.74. The molecule has 2 amide bonds. The van der Waals surface area contributed by atoms with Gasteiger partial charge in [0.1, 0.15) is 0 Å². The van der Waals surface area contributed by atoms with Gasteiger partial charge in [0, 0.05) is 23.9 Å². The summed E-state index contributed by atoms with van der Waals surface area (Å²) in [5.74, 6) is -0.471. The molecule has 0 aliphatic carbocycles. The molecule has 138 valence electrons. The van der Waals surface area contributed by atoms with E-state index in [9.17, 15) is 9.59 Å². The highest BCUT2D eigenvalue weighted by Gasteiger charge is 2.12. The van der Waals surface area contributed by atoms with Crippen LogP contribution in [0.3, 0.4) is 0 Å². The first kappa shape index (κ1) is 18.7. The predicted octanol–water partition coefficient (Wildman–Crippen LogP) is 3.75. The van der Waals surface area contributed by atoms with Gasteiger partial charge in [-0.15, -0.1) is 0 Å². The fourth-order valence-electron chi connectivity index (χ4n) is 2.71. The average Bonchev–Trinajstić information content (AvgIpc) is 2.95. The maximum atomic E-state index is 12.5. The minimum atomic E-state index is -0.262. The Morgan fingerprint density at radius 2 is 1.70 bits per heavy atom. The van der Waals surface area contributed by atoms with Gasteiger partial charge in [0.15, 0.2) is 0 Å². The Bertz CT molecular complexity index is 1010. The van der Waals surface area contributed by atoms with Crippen LogP contribution in [0.25, 0.3) is 5.69 Å². The molecule has 2 N–H and O–H groups in total. The lowest BCUT2D eigenvalue weighted by atomic mass is 10.1. The molecule has 0 saturated carbocycles. The molecular formula is C20H19ClN4O2. The summed E-state index contributed by atoms with van der Waals surface area (Å²) in [4.78, 5) is 24.2. The number of hydrogen-bond donors (Lipinski definition) is 2. The molecule has 6 nitrogen and oxygen atoms in total. The Labute approximate surface area is 162 Å². The van der Waals surface area contributed by atoms with Crippen molar-refractivity contribution < 1.29 is 9.59 Å². The van der Waals surface area contributed by atoms with E-state index in [-0.39, 0.29) is 11.8 Å². The Kier molecular flexibility index (Phi) is 5.28. The predicted molar refractivity (Wildman–Crippen MR) is 106 cm³/mol. The summed E-state index contributed by atoms with van der Waals surface area (Å²) >= 11 is 6.19. The highest BCUT2D eigenvalue weighted by atomic mass is 35.5. The number of carbonyl (C=O) groups excluding carboxylic acids is 2. The molecule has 7 heteroatoms. The van der Waals surface area contributed by atoms with Crippen LogP contribution in [0.1, 0.15) is 32.1 Å². The molecule has 0 bridgehead atoms. The maximum Gasteiger partial charge on any atom is 0.255 e. The van der Waals surface area contributed by atoms with Crippen molar-refractivity contribution >= 4 is 29.1 Å². The fraction of sp³-hybridized carbons (Fsp3) is 0.150. The smallest absolute Gasteiger partial charge is 0.255 e. The second-order valence-corrected chi connectivity index (χ2v) is 6.44. The number of carbonyl (C=O) groups is 2. The molecule has 0 saturated heterocycles. The number of hydrogen-bond acceptors (Lipinski definition) is 3. The molecule has 0 radical (unpaired) electrons. The topological polar surface area (TPSA) is 76.0 Å². The Morgan fingerprint density at radius 1 is 1.00 bits per heavy atom. The number of nitrogens with one attached hydrogen (secondary N) is 2. The number of halogens is 1. The van der Waals surface area contributed by atoms with Crippen molar-refractivity contribution in [2.75, 3.05) is 12.4 Å². The zero-order valence-electron chi connectivity index (χ0n) is 15.2. The average molecular weight is 383 g/mol. The third-order valence-electron chi connectivity index (χ3n) is 4.19. The monoisotopic (exact) mass is 382 g/mol. The molecule has 0 unspecified atom stereocenters. The molecule has 1 heterocycles. The first-order valence-electron chi connectivity index (χ1n) is 8.36. The molecule has 0 atom stereocenters. The Balaban J connectivity index is 1.78. The number of nitrogens with zero attached hydrogens (tertiary/aromatic N) is 2. The van der Waals surface area contributed by atoms with Crippen molar-refractivity contribution in [2.45, 2.75) is 13.8 Å². The van der Waals surface area contributed by atoms with Gasteiger partial charge in [-0.2, -0.15) is 5.10 Å². The van der Waals surface area contributed by atoms with Gasteiger partial charge in [-0.25, -0.2) is 4.68 Å². The van der Waals surface area contributed by atoms with Gasteiger partial charge in [0.2, 0.25) is 0 Å². The van der Waals surface area contributed by atoms with E-state index >= 15 is 0 Å². The maximum absolute atomic E-state index is 12.5. The molecule has 0 spiro atoms. The number of aryl methyl sites for hydroxylation is 1. The van der Waals surface area contributed by atoms with Gasteiger partial charge in [-0.3, -0.25) is 9.59 Å². The van der Waals surface area contributed by atoms with Crippen LogP contribution < -0.4 is 10.6 Å². The van der Waals surface area contributed by atoms with Gasteiger partial charge in [0.25, 0.3) is 11.8 Å². The Morgan fingerprint density at radius 3 is 2.30 bits per heavy atom. The normalized spacial score (nSPS) is 10.5. The number of aromatic nitrogens is 2. The van der Waals surface area contributed by atoms with Crippen LogP contribution in [0, 0.1) is 13.8 Å². The van der Waals surface area contributed by atoms with E-state index in [0.29, 0.717) is 21.8 Å². The van der Waals surface area contributed by atoms with E-state index in [1.165, 1.54) is 0 Å². The molecule has 27 heavy (non-hydrogen) atoms. The minimum Gasteiger partial charge on any atom is -0.355 e. The molecule has 3 rings (SSSR count). The number of anilines is 1. The van der Waals surface area contributed by atoms with E-state index in [2.05, 4.69) is 15.7 Å². The van der Waals surface area contributed by atoms with Gasteiger partial charge in [-0.1, -0.05) is 17.7 Å². The fourth-order valence-corrected chi connectivity index (χ4v) is 2.83. The van der Waals surface area contributed by atoms with Crippen LogP contribution >= 0.6 is 11.6 Å². The first-order chi connectivity index (χ1) is 12.9. The number of benzene rings is 2. The standard InChI is InChI=1S/C20H19ClN4O2/c1-12-18(21)13(2)25(24-12)17-9-7-14(8-10-17)20(27)23-16-6-4-5-15(11-16)19(26)22-3/h4-11H,1-3H3,(H,22,26)(H,23,27). The van der Waals surface area contributed by atoms with Crippen LogP contribution in [-0.4, -0.2) is 28.6 Å². The summed E-state index contributed by atoms with van der Waals surface area (Å²) in [5.41, 5.74) is 3.95. The summed E-state index contributed by atoms with van der Waals surface area (Å²) in [6, 6.07) is 13.8. The van der Waals surface area contributed by atoms with Crippen LogP contribution in [0.15, 0.2) is 48.5 Å². The van der Waals surface area contributed by atoms with Crippen molar-refractivity contribution in [3.05, 3.63) is 76.1 Å². The van der Waals surface area contributed by atoms with Gasteiger partial charge in [-0.05, 0) is 56.3 Å². The molecular weight excluding hydrogens is 364 g/mol. The van der Waals surface area contributed by atoms with Crippen LogP contribution in [0.5, 0.6) is 0 Å². The van der Waals surface area contributed by atoms with Crippen molar-refractivity contribution in [3.8, 4) is 5.69 Å². The third-order valence-corrected chi connectivity index (χ3v) is 4.73. The lowest BCUT2D eigenvalue weighted by Crippen LogP contribution is -2.18. The number of amides is 2. The van der Waals surface area contributed by atoms with E-state index in [1.807, 2.05) is 26.0 Å². The molecule has 3 aromatic rings. The van der Waals surface area contributed by atoms with Crippen molar-refractivity contribution in [2.24, 2.45) is 0 Å². The molecule has 0 aliphatic heterocycles. The van der Waals surface area contributed by atoms with E-state index in [4.69, 9.17) is 11.6 Å². The number of rotatable bonds is 4. The summed E-state index contributed by atoms with van der Waals surface area (Å²) in [5, 5.41) is 10.4. The second kappa shape index (κ2) is 7.63. The summed E-state index contributed by atoms with van der Waals surface area (Å²) in [7, 11) is 1.56. The SMILES string of the molecule is CNC(=O)c1cccc(NC(=O)c2ccc(-n3nc(C)c(Cl)c3C)cc2)c1. The van der Waals surface area contributed by atoms with Crippen molar-refractivity contribution in [1.29, 1.82) is 0 Å². The van der Waals surface area contributed by atoms with Crippen LogP contribution in [0.2, 0.25) is 5.02 Å². The van der Waals surface area contributed by atoms with E-state index in [1.54, 1.807) is 48.1 Å². The highest BCUT2D eigenvalue weighted by molar-refractivity contribution is 6.31. The second-order valence-electron chi connectivity index (χ2n) is 6.06. The van der Waals surface area contributed by atoms with Gasteiger partial charge >= 0.3 is 0 Å². The zero-order chi connectivity index (χ0) is 19.6. The molecule has 2 aromatic carbocycles. The van der Waals surface area contributed by atoms with Crippen molar-refractivity contribution in [3.63, 3.8) is 0 Å². The third kappa shape index (κ3) is 3.85. The van der Waals surface area contributed by atoms with Gasteiger partial charge in [0.05, 0.1) is 22.1 Å². The van der Waals surface area contributed by atoms with Crippen molar-refractivity contribution in [1.82, 2.24) is 15.1 Å². The zero-order valence-corrected chi connectivity index (χ0v) is 16.0. The van der Waals surface area contributed by atoms with Crippen LogP contribution in [-0.2, 0) is 0 Å². The van der Waals surface area contributed by atoms with Gasteiger partial charge < -0.3 is 10.6 Å². The molecule has 0 fully saturated rings. The van der Waals surface area contributed by atoms with E-state index < -0.39 is 0 Å². The highest BCUT2D eigenvalue weighted by Crippen LogP contribution is 2.22. The minimum absolute atomic E-state index is 0.209. The lowest BCUT2D eigenvalue weighted by Gasteiger charge is -2.09. The summed E-state index contributed by atoms with van der Waals surface area (Å²) < 4.78 is 1.74.